The second-order valence-electron chi connectivity index (χ2n) is 4.46. The van der Waals surface area contributed by atoms with Crippen LogP contribution in [-0.2, 0) is 0 Å². The molecule has 2 rings (SSSR count). The molecule has 1 aromatic carbocycles. The average Bonchev–Trinajstić information content (AvgIpc) is 2.19. The standard InChI is InChI=1S/C13H14ClFN2/c1-6(2)11-7(3)17-13-9(12(11)16)4-8(15)5-10(13)14/h4-6H,1-3H3,(H2,16,17). The number of benzene rings is 1. The zero-order valence-electron chi connectivity index (χ0n) is 10.0. The van der Waals surface area contributed by atoms with E-state index in [1.54, 1.807) is 0 Å². The molecular weight excluding hydrogens is 239 g/mol. The lowest BCUT2D eigenvalue weighted by atomic mass is 9.97. The highest BCUT2D eigenvalue weighted by atomic mass is 35.5. The number of nitrogen functional groups attached to an aromatic ring is 1. The van der Waals surface area contributed by atoms with Gasteiger partial charge in [-0.3, -0.25) is 4.98 Å². The number of aromatic nitrogens is 1. The number of aryl methyl sites for hydroxylation is 1. The summed E-state index contributed by atoms with van der Waals surface area (Å²) in [6, 6.07) is 2.64. The third-order valence-corrected chi connectivity index (χ3v) is 3.14. The SMILES string of the molecule is Cc1nc2c(Cl)cc(F)cc2c(N)c1C(C)C. The van der Waals surface area contributed by atoms with Gasteiger partial charge in [0.2, 0.25) is 0 Å². The van der Waals surface area contributed by atoms with Crippen molar-refractivity contribution in [2.24, 2.45) is 0 Å². The van der Waals surface area contributed by atoms with Gasteiger partial charge in [0.05, 0.1) is 10.5 Å². The van der Waals surface area contributed by atoms with Crippen molar-refractivity contribution < 1.29 is 4.39 Å². The van der Waals surface area contributed by atoms with Gasteiger partial charge < -0.3 is 5.73 Å². The van der Waals surface area contributed by atoms with E-state index < -0.39 is 5.82 Å². The largest absolute Gasteiger partial charge is 0.398 e. The van der Waals surface area contributed by atoms with E-state index in [2.05, 4.69) is 4.98 Å². The highest BCUT2D eigenvalue weighted by molar-refractivity contribution is 6.35. The summed E-state index contributed by atoms with van der Waals surface area (Å²) >= 11 is 5.98. The Labute approximate surface area is 105 Å². The Morgan fingerprint density at radius 1 is 1.35 bits per heavy atom. The van der Waals surface area contributed by atoms with Crippen LogP contribution in [0.4, 0.5) is 10.1 Å². The van der Waals surface area contributed by atoms with Gasteiger partial charge in [-0.1, -0.05) is 25.4 Å². The van der Waals surface area contributed by atoms with Gasteiger partial charge in [-0.25, -0.2) is 4.39 Å². The average molecular weight is 253 g/mol. The van der Waals surface area contributed by atoms with Gasteiger partial charge in [-0.2, -0.15) is 0 Å². The minimum Gasteiger partial charge on any atom is -0.398 e. The van der Waals surface area contributed by atoms with E-state index >= 15 is 0 Å². The van der Waals surface area contributed by atoms with E-state index in [0.29, 0.717) is 21.6 Å². The second-order valence-corrected chi connectivity index (χ2v) is 4.87. The summed E-state index contributed by atoms with van der Waals surface area (Å²) in [5.41, 5.74) is 9.03. The van der Waals surface area contributed by atoms with Crippen LogP contribution in [0.15, 0.2) is 12.1 Å². The van der Waals surface area contributed by atoms with Crippen molar-refractivity contribution in [2.75, 3.05) is 5.73 Å². The molecule has 1 aromatic heterocycles. The topological polar surface area (TPSA) is 38.9 Å². The van der Waals surface area contributed by atoms with Gasteiger partial charge in [-0.05, 0) is 30.5 Å². The fraction of sp³-hybridized carbons (Fsp3) is 0.308. The van der Waals surface area contributed by atoms with Crippen molar-refractivity contribution in [2.45, 2.75) is 26.7 Å². The molecule has 4 heteroatoms. The molecule has 2 nitrogen and oxygen atoms in total. The summed E-state index contributed by atoms with van der Waals surface area (Å²) in [7, 11) is 0. The Hall–Kier alpha value is -1.35. The number of hydrogen-bond acceptors (Lipinski definition) is 2. The molecule has 0 aliphatic carbocycles. The number of pyridine rings is 1. The first kappa shape index (κ1) is 12.1. The number of hydrogen-bond donors (Lipinski definition) is 1. The van der Waals surface area contributed by atoms with Crippen molar-refractivity contribution in [3.63, 3.8) is 0 Å². The zero-order chi connectivity index (χ0) is 12.7. The monoisotopic (exact) mass is 252 g/mol. The summed E-state index contributed by atoms with van der Waals surface area (Å²) in [5, 5.41) is 0.884. The van der Waals surface area contributed by atoms with Gasteiger partial charge >= 0.3 is 0 Å². The molecule has 1 heterocycles. The third-order valence-electron chi connectivity index (χ3n) is 2.86. The first-order valence-electron chi connectivity index (χ1n) is 5.46. The molecule has 17 heavy (non-hydrogen) atoms. The molecule has 2 aromatic rings. The van der Waals surface area contributed by atoms with E-state index in [0.717, 1.165) is 11.3 Å². The lowest BCUT2D eigenvalue weighted by molar-refractivity contribution is 0.629. The molecule has 0 saturated carbocycles. The fourth-order valence-corrected chi connectivity index (χ4v) is 2.43. The predicted octanol–water partition coefficient (Wildman–Crippen LogP) is 4.04. The van der Waals surface area contributed by atoms with Gasteiger partial charge in [0, 0.05) is 16.8 Å². The van der Waals surface area contributed by atoms with Gasteiger partial charge in [-0.15, -0.1) is 0 Å². The maximum Gasteiger partial charge on any atom is 0.125 e. The number of nitrogens with two attached hydrogens (primary N) is 1. The van der Waals surface area contributed by atoms with Crippen LogP contribution in [0, 0.1) is 12.7 Å². The summed E-state index contributed by atoms with van der Waals surface area (Å²) in [5.74, 6) is -0.150. The minimum atomic E-state index is -0.394. The normalized spacial score (nSPS) is 11.4. The molecule has 0 aliphatic heterocycles. The van der Waals surface area contributed by atoms with Crippen molar-refractivity contribution >= 4 is 28.2 Å². The van der Waals surface area contributed by atoms with Crippen molar-refractivity contribution in [1.29, 1.82) is 0 Å². The first-order chi connectivity index (χ1) is 7.91. The maximum absolute atomic E-state index is 13.3. The Morgan fingerprint density at radius 3 is 2.59 bits per heavy atom. The van der Waals surface area contributed by atoms with Crippen LogP contribution < -0.4 is 5.73 Å². The van der Waals surface area contributed by atoms with Crippen molar-refractivity contribution in [1.82, 2.24) is 4.98 Å². The number of rotatable bonds is 1. The zero-order valence-corrected chi connectivity index (χ0v) is 10.8. The first-order valence-corrected chi connectivity index (χ1v) is 5.84. The van der Waals surface area contributed by atoms with E-state index in [1.165, 1.54) is 12.1 Å². The molecule has 0 bridgehead atoms. The van der Waals surface area contributed by atoms with Crippen LogP contribution in [0.5, 0.6) is 0 Å². The molecule has 90 valence electrons. The lowest BCUT2D eigenvalue weighted by Crippen LogP contribution is -2.03. The van der Waals surface area contributed by atoms with Crippen LogP contribution in [0.2, 0.25) is 5.02 Å². The summed E-state index contributed by atoms with van der Waals surface area (Å²) in [4.78, 5) is 4.42. The molecule has 0 aliphatic rings. The molecule has 0 unspecified atom stereocenters. The van der Waals surface area contributed by atoms with E-state index in [4.69, 9.17) is 17.3 Å². The van der Waals surface area contributed by atoms with Crippen LogP contribution in [0.3, 0.4) is 0 Å². The molecule has 0 atom stereocenters. The van der Waals surface area contributed by atoms with E-state index in [1.807, 2.05) is 20.8 Å². The van der Waals surface area contributed by atoms with Crippen LogP contribution >= 0.6 is 11.6 Å². The number of fused-ring (bicyclic) bond motifs is 1. The summed E-state index contributed by atoms with van der Waals surface area (Å²) in [6.07, 6.45) is 0. The van der Waals surface area contributed by atoms with Crippen molar-refractivity contribution in [3.05, 3.63) is 34.2 Å². The van der Waals surface area contributed by atoms with Gasteiger partial charge in [0.15, 0.2) is 0 Å². The lowest BCUT2D eigenvalue weighted by Gasteiger charge is -2.15. The third kappa shape index (κ3) is 1.95. The molecule has 0 amide bonds. The summed E-state index contributed by atoms with van der Waals surface area (Å²) in [6.45, 7) is 5.96. The Morgan fingerprint density at radius 2 is 2.00 bits per heavy atom. The highest BCUT2D eigenvalue weighted by Crippen LogP contribution is 2.34. The number of halogens is 2. The maximum atomic E-state index is 13.3. The molecule has 0 radical (unpaired) electrons. The van der Waals surface area contributed by atoms with Gasteiger partial charge in [0.1, 0.15) is 5.82 Å². The van der Waals surface area contributed by atoms with E-state index in [9.17, 15) is 4.39 Å². The molecule has 0 fully saturated rings. The van der Waals surface area contributed by atoms with Crippen LogP contribution in [0.25, 0.3) is 10.9 Å². The molecule has 2 N–H and O–H groups in total. The Kier molecular flexibility index (Phi) is 2.96. The number of anilines is 1. The van der Waals surface area contributed by atoms with Crippen LogP contribution in [-0.4, -0.2) is 4.98 Å². The summed E-state index contributed by atoms with van der Waals surface area (Å²) < 4.78 is 13.3. The minimum absolute atomic E-state index is 0.244. The van der Waals surface area contributed by atoms with Gasteiger partial charge in [0.25, 0.3) is 0 Å². The molecular formula is C13H14ClFN2. The fourth-order valence-electron chi connectivity index (χ4n) is 2.18. The molecule has 0 spiro atoms. The predicted molar refractivity (Wildman–Crippen MR) is 69.9 cm³/mol. The van der Waals surface area contributed by atoms with E-state index in [-0.39, 0.29) is 5.92 Å². The number of nitrogens with zero attached hydrogens (tertiary/aromatic N) is 1. The second kappa shape index (κ2) is 4.15. The quantitative estimate of drug-likeness (QED) is 0.832. The Bertz CT molecular complexity index is 594. The Balaban J connectivity index is 2.92. The molecule has 0 saturated heterocycles. The highest BCUT2D eigenvalue weighted by Gasteiger charge is 2.15. The van der Waals surface area contributed by atoms with Crippen LogP contribution in [0.1, 0.15) is 31.0 Å². The smallest absolute Gasteiger partial charge is 0.125 e. The van der Waals surface area contributed by atoms with Crippen molar-refractivity contribution in [3.8, 4) is 0 Å².